The minimum absolute atomic E-state index is 0.350. The number of benzene rings is 1. The van der Waals surface area contributed by atoms with Crippen LogP contribution in [0.15, 0.2) is 29.2 Å². The number of thioether (sulfide) groups is 1. The maximum absolute atomic E-state index is 12.4. The quantitative estimate of drug-likeness (QED) is 0.807. The van der Waals surface area contributed by atoms with Gasteiger partial charge in [0.05, 0.1) is 5.69 Å². The van der Waals surface area contributed by atoms with E-state index < -0.39 is 10.0 Å². The molecule has 0 spiro atoms. The van der Waals surface area contributed by atoms with E-state index in [-0.39, 0.29) is 0 Å². The van der Waals surface area contributed by atoms with Crippen molar-refractivity contribution in [2.45, 2.75) is 48.8 Å². The Labute approximate surface area is 132 Å². The zero-order chi connectivity index (χ0) is 15.3. The van der Waals surface area contributed by atoms with Gasteiger partial charge < -0.3 is 5.32 Å². The number of nitrogens with one attached hydrogen (secondary N) is 2. The molecule has 0 radical (unpaired) electrons. The van der Waals surface area contributed by atoms with Crippen LogP contribution in [-0.2, 0) is 10.0 Å². The summed E-state index contributed by atoms with van der Waals surface area (Å²) in [5.41, 5.74) is 0.715. The Kier molecular flexibility index (Phi) is 5.96. The van der Waals surface area contributed by atoms with Gasteiger partial charge >= 0.3 is 0 Å². The fourth-order valence-corrected chi connectivity index (χ4v) is 4.94. The molecule has 2 rings (SSSR count). The molecule has 1 aromatic rings. The van der Waals surface area contributed by atoms with Gasteiger partial charge in [-0.2, -0.15) is 11.8 Å². The van der Waals surface area contributed by atoms with Gasteiger partial charge in [0.15, 0.2) is 0 Å². The predicted molar refractivity (Wildman–Crippen MR) is 90.5 cm³/mol. The third-order valence-electron chi connectivity index (χ3n) is 3.81. The molecule has 0 aromatic heterocycles. The van der Waals surface area contributed by atoms with Crippen LogP contribution in [0.5, 0.6) is 0 Å². The van der Waals surface area contributed by atoms with E-state index in [0.29, 0.717) is 28.4 Å². The molecule has 1 fully saturated rings. The average Bonchev–Trinajstić information content (AvgIpc) is 2.93. The molecule has 1 aliphatic rings. The molecule has 0 heterocycles. The smallest absolute Gasteiger partial charge is 0.242 e. The summed E-state index contributed by atoms with van der Waals surface area (Å²) >= 11 is 1.86. The van der Waals surface area contributed by atoms with E-state index >= 15 is 0 Å². The number of hydrogen-bond donors (Lipinski definition) is 2. The first kappa shape index (κ1) is 16.6. The molecule has 1 aromatic carbocycles. The van der Waals surface area contributed by atoms with Gasteiger partial charge in [0.25, 0.3) is 0 Å². The van der Waals surface area contributed by atoms with Gasteiger partial charge in [0, 0.05) is 17.8 Å². The maximum atomic E-state index is 12.4. The number of anilines is 1. The van der Waals surface area contributed by atoms with Crippen molar-refractivity contribution in [1.82, 2.24) is 4.72 Å². The van der Waals surface area contributed by atoms with E-state index in [0.717, 1.165) is 12.8 Å². The highest BCUT2D eigenvalue weighted by Crippen LogP contribution is 2.32. The van der Waals surface area contributed by atoms with Crippen molar-refractivity contribution in [1.29, 1.82) is 0 Å². The van der Waals surface area contributed by atoms with Gasteiger partial charge in [-0.25, -0.2) is 13.1 Å². The Morgan fingerprint density at radius 3 is 2.76 bits per heavy atom. The van der Waals surface area contributed by atoms with Crippen molar-refractivity contribution in [2.24, 2.45) is 0 Å². The Balaban J connectivity index is 2.21. The molecule has 2 N–H and O–H groups in total. The Morgan fingerprint density at radius 2 is 2.05 bits per heavy atom. The van der Waals surface area contributed by atoms with Crippen molar-refractivity contribution in [3.8, 4) is 0 Å². The summed E-state index contributed by atoms with van der Waals surface area (Å²) in [6.07, 6.45) is 6.40. The number of hydrogen-bond acceptors (Lipinski definition) is 4. The van der Waals surface area contributed by atoms with Gasteiger partial charge in [-0.05, 0) is 37.7 Å². The van der Waals surface area contributed by atoms with Gasteiger partial charge in [-0.3, -0.25) is 0 Å². The third kappa shape index (κ3) is 4.14. The molecule has 1 aliphatic carbocycles. The monoisotopic (exact) mass is 328 g/mol. The summed E-state index contributed by atoms with van der Waals surface area (Å²) in [5, 5.41) is 4.01. The molecule has 0 aliphatic heterocycles. The largest absolute Gasteiger partial charge is 0.380 e. The van der Waals surface area contributed by atoms with Crippen molar-refractivity contribution < 1.29 is 8.42 Å². The topological polar surface area (TPSA) is 58.2 Å². The van der Waals surface area contributed by atoms with Crippen LogP contribution in [0.1, 0.15) is 32.6 Å². The second-order valence-electron chi connectivity index (χ2n) is 5.35. The highest BCUT2D eigenvalue weighted by Gasteiger charge is 2.28. The molecule has 0 amide bonds. The normalized spacial score (nSPS) is 22.4. The van der Waals surface area contributed by atoms with Crippen molar-refractivity contribution in [2.75, 3.05) is 18.1 Å². The Morgan fingerprint density at radius 1 is 1.29 bits per heavy atom. The molecule has 4 nitrogen and oxygen atoms in total. The van der Waals surface area contributed by atoms with Gasteiger partial charge in [0.1, 0.15) is 4.90 Å². The molecule has 1 saturated carbocycles. The molecule has 6 heteroatoms. The number of para-hydroxylation sites is 1. The standard InChI is InChI=1S/C15H24N2O2S2/c1-3-11-16-21(18,19)15-10-5-4-7-13(15)17-12-8-6-9-14(12)20-2/h4-5,7,10,12,14,16-17H,3,6,8-9,11H2,1-2H3. The first-order valence-corrected chi connectivity index (χ1v) is 10.2. The van der Waals surface area contributed by atoms with Crippen LogP contribution in [0, 0.1) is 0 Å². The molecule has 2 unspecified atom stereocenters. The minimum Gasteiger partial charge on any atom is -0.380 e. The van der Waals surface area contributed by atoms with Crippen LogP contribution in [0.2, 0.25) is 0 Å². The Hall–Kier alpha value is -0.720. The molecule has 0 saturated heterocycles. The van der Waals surface area contributed by atoms with E-state index in [9.17, 15) is 8.42 Å². The first-order chi connectivity index (χ1) is 10.1. The molecule has 2 atom stereocenters. The van der Waals surface area contributed by atoms with Crippen LogP contribution in [0.3, 0.4) is 0 Å². The zero-order valence-corrected chi connectivity index (χ0v) is 14.3. The van der Waals surface area contributed by atoms with Gasteiger partial charge in [0.2, 0.25) is 10.0 Å². The molecule has 0 bridgehead atoms. The van der Waals surface area contributed by atoms with Crippen molar-refractivity contribution in [3.05, 3.63) is 24.3 Å². The highest BCUT2D eigenvalue weighted by atomic mass is 32.2. The van der Waals surface area contributed by atoms with E-state index in [2.05, 4.69) is 16.3 Å². The van der Waals surface area contributed by atoms with E-state index in [1.54, 1.807) is 12.1 Å². The molecule has 118 valence electrons. The average molecular weight is 329 g/mol. The summed E-state index contributed by atoms with van der Waals surface area (Å²) in [4.78, 5) is 0.352. The summed E-state index contributed by atoms with van der Waals surface area (Å²) in [6.45, 7) is 2.42. The second kappa shape index (κ2) is 7.51. The number of sulfonamides is 1. The lowest BCUT2D eigenvalue weighted by Crippen LogP contribution is -2.29. The first-order valence-electron chi connectivity index (χ1n) is 7.46. The summed E-state index contributed by atoms with van der Waals surface area (Å²) in [6, 6.07) is 7.53. The summed E-state index contributed by atoms with van der Waals surface area (Å²) in [5.74, 6) is 0. The fraction of sp³-hybridized carbons (Fsp3) is 0.600. The predicted octanol–water partition coefficient (Wildman–Crippen LogP) is 3.07. The third-order valence-corrected chi connectivity index (χ3v) is 6.50. The van der Waals surface area contributed by atoms with E-state index in [1.165, 1.54) is 12.8 Å². The minimum atomic E-state index is -3.44. The second-order valence-corrected chi connectivity index (χ2v) is 8.16. The van der Waals surface area contributed by atoms with E-state index in [4.69, 9.17) is 0 Å². The van der Waals surface area contributed by atoms with Gasteiger partial charge in [-0.1, -0.05) is 25.5 Å². The van der Waals surface area contributed by atoms with Crippen molar-refractivity contribution >= 4 is 27.5 Å². The van der Waals surface area contributed by atoms with Gasteiger partial charge in [-0.15, -0.1) is 0 Å². The van der Waals surface area contributed by atoms with E-state index in [1.807, 2.05) is 30.8 Å². The molecular weight excluding hydrogens is 304 g/mol. The molecular formula is C15H24N2O2S2. The SMILES string of the molecule is CCCNS(=O)(=O)c1ccccc1NC1CCCC1SC. The lowest BCUT2D eigenvalue weighted by atomic mass is 10.2. The van der Waals surface area contributed by atoms with Crippen LogP contribution >= 0.6 is 11.8 Å². The number of rotatable bonds is 7. The summed E-state index contributed by atoms with van der Waals surface area (Å²) in [7, 11) is -3.44. The highest BCUT2D eigenvalue weighted by molar-refractivity contribution is 7.99. The van der Waals surface area contributed by atoms with Crippen LogP contribution < -0.4 is 10.0 Å². The van der Waals surface area contributed by atoms with Crippen LogP contribution in [0.25, 0.3) is 0 Å². The lowest BCUT2D eigenvalue weighted by molar-refractivity contribution is 0.581. The molecule has 21 heavy (non-hydrogen) atoms. The Bertz CT molecular complexity index is 561. The van der Waals surface area contributed by atoms with Crippen LogP contribution in [0.4, 0.5) is 5.69 Å². The lowest BCUT2D eigenvalue weighted by Gasteiger charge is -2.22. The zero-order valence-electron chi connectivity index (χ0n) is 12.6. The maximum Gasteiger partial charge on any atom is 0.242 e. The summed E-state index contributed by atoms with van der Waals surface area (Å²) < 4.78 is 27.4. The fourth-order valence-electron chi connectivity index (χ4n) is 2.71. The van der Waals surface area contributed by atoms with Crippen LogP contribution in [-0.4, -0.2) is 32.5 Å². The van der Waals surface area contributed by atoms with Crippen molar-refractivity contribution in [3.63, 3.8) is 0 Å².